The fraction of sp³-hybridized carbons (Fsp3) is 0.917. The number of nitrogens with one attached hydrogen (secondary N) is 2. The van der Waals surface area contributed by atoms with Gasteiger partial charge in [0.2, 0.25) is 5.91 Å². The second kappa shape index (κ2) is 5.80. The summed E-state index contributed by atoms with van der Waals surface area (Å²) in [5.74, 6) is 0.0847. The Labute approximate surface area is 102 Å². The van der Waals surface area contributed by atoms with Crippen molar-refractivity contribution in [3.8, 4) is 0 Å². The first-order valence-corrected chi connectivity index (χ1v) is 6.37. The summed E-state index contributed by atoms with van der Waals surface area (Å²) in [5, 5.41) is 6.25. The minimum Gasteiger partial charge on any atom is -0.378 e. The maximum atomic E-state index is 11.6. The van der Waals surface area contributed by atoms with Crippen molar-refractivity contribution in [1.29, 1.82) is 0 Å². The molecule has 0 aromatic heterocycles. The van der Waals surface area contributed by atoms with E-state index in [0.29, 0.717) is 32.2 Å². The monoisotopic (exact) mass is 242 g/mol. The van der Waals surface area contributed by atoms with E-state index in [2.05, 4.69) is 10.6 Å². The Morgan fingerprint density at radius 1 is 1.53 bits per heavy atom. The first kappa shape index (κ1) is 12.8. The highest BCUT2D eigenvalue weighted by atomic mass is 16.5. The van der Waals surface area contributed by atoms with E-state index in [1.807, 2.05) is 0 Å². The quantitative estimate of drug-likeness (QED) is 0.662. The van der Waals surface area contributed by atoms with Crippen LogP contribution in [-0.4, -0.2) is 51.0 Å². The third-order valence-corrected chi connectivity index (χ3v) is 3.47. The molecule has 5 nitrogen and oxygen atoms in total. The van der Waals surface area contributed by atoms with Gasteiger partial charge in [0, 0.05) is 45.7 Å². The van der Waals surface area contributed by atoms with Gasteiger partial charge in [-0.1, -0.05) is 0 Å². The molecule has 1 amide bonds. The standard InChI is InChI=1S/C12H22N2O3/c1-16-12(5-7-17-9-12)8-14-11(15)4-6-13-10-2-3-10/h10,13H,2-9H2,1H3,(H,14,15). The van der Waals surface area contributed by atoms with Gasteiger partial charge >= 0.3 is 0 Å². The molecule has 1 atom stereocenters. The van der Waals surface area contributed by atoms with Crippen molar-refractivity contribution in [1.82, 2.24) is 10.6 Å². The summed E-state index contributed by atoms with van der Waals surface area (Å²) in [6.45, 7) is 2.61. The van der Waals surface area contributed by atoms with Crippen molar-refractivity contribution in [3.05, 3.63) is 0 Å². The molecule has 0 bridgehead atoms. The number of hydrogen-bond acceptors (Lipinski definition) is 4. The molecule has 1 aliphatic heterocycles. The van der Waals surface area contributed by atoms with E-state index in [9.17, 15) is 4.79 Å². The van der Waals surface area contributed by atoms with Crippen LogP contribution in [0.2, 0.25) is 0 Å². The topological polar surface area (TPSA) is 59.6 Å². The minimum absolute atomic E-state index is 0.0847. The van der Waals surface area contributed by atoms with Crippen molar-refractivity contribution in [2.75, 3.05) is 33.4 Å². The van der Waals surface area contributed by atoms with Crippen LogP contribution in [0.4, 0.5) is 0 Å². The molecule has 2 fully saturated rings. The molecule has 1 saturated heterocycles. The molecule has 1 aliphatic carbocycles. The molecule has 1 heterocycles. The van der Waals surface area contributed by atoms with Crippen molar-refractivity contribution < 1.29 is 14.3 Å². The molecular weight excluding hydrogens is 220 g/mol. The highest BCUT2D eigenvalue weighted by Gasteiger charge is 2.35. The number of ether oxygens (including phenoxy) is 2. The van der Waals surface area contributed by atoms with Gasteiger partial charge in [-0.3, -0.25) is 4.79 Å². The molecule has 17 heavy (non-hydrogen) atoms. The van der Waals surface area contributed by atoms with Gasteiger partial charge in [0.05, 0.1) is 6.61 Å². The SMILES string of the molecule is COC1(CNC(=O)CCNC2CC2)CCOC1. The minimum atomic E-state index is -0.306. The third-order valence-electron chi connectivity index (χ3n) is 3.47. The van der Waals surface area contributed by atoms with Crippen molar-refractivity contribution in [2.24, 2.45) is 0 Å². The highest BCUT2D eigenvalue weighted by Crippen LogP contribution is 2.21. The van der Waals surface area contributed by atoms with E-state index in [4.69, 9.17) is 9.47 Å². The number of hydrogen-bond donors (Lipinski definition) is 2. The largest absolute Gasteiger partial charge is 0.378 e. The highest BCUT2D eigenvalue weighted by molar-refractivity contribution is 5.76. The third kappa shape index (κ3) is 3.94. The van der Waals surface area contributed by atoms with Gasteiger partial charge in [-0.25, -0.2) is 0 Å². The average Bonchev–Trinajstić information content (AvgIpc) is 3.04. The van der Waals surface area contributed by atoms with Crippen molar-refractivity contribution in [3.63, 3.8) is 0 Å². The summed E-state index contributed by atoms with van der Waals surface area (Å²) in [6.07, 6.45) is 3.90. The average molecular weight is 242 g/mol. The lowest BCUT2D eigenvalue weighted by atomic mass is 10.0. The Hall–Kier alpha value is -0.650. The van der Waals surface area contributed by atoms with Crippen LogP contribution in [0.15, 0.2) is 0 Å². The van der Waals surface area contributed by atoms with Gasteiger partial charge in [-0.15, -0.1) is 0 Å². The van der Waals surface area contributed by atoms with Gasteiger partial charge in [0.1, 0.15) is 5.60 Å². The Balaban J connectivity index is 1.60. The Kier molecular flexibility index (Phi) is 4.36. The van der Waals surface area contributed by atoms with E-state index in [0.717, 1.165) is 13.0 Å². The van der Waals surface area contributed by atoms with Crippen LogP contribution in [0.25, 0.3) is 0 Å². The second-order valence-corrected chi connectivity index (χ2v) is 4.94. The van der Waals surface area contributed by atoms with Crippen LogP contribution in [0.1, 0.15) is 25.7 Å². The summed E-state index contributed by atoms with van der Waals surface area (Å²) in [5.41, 5.74) is -0.306. The molecular formula is C12H22N2O3. The second-order valence-electron chi connectivity index (χ2n) is 4.94. The molecule has 98 valence electrons. The van der Waals surface area contributed by atoms with Crippen LogP contribution in [0.5, 0.6) is 0 Å². The van der Waals surface area contributed by atoms with Gasteiger partial charge in [0.15, 0.2) is 0 Å². The Bertz CT molecular complexity index is 260. The first-order valence-electron chi connectivity index (χ1n) is 6.37. The van der Waals surface area contributed by atoms with Crippen LogP contribution >= 0.6 is 0 Å². The lowest BCUT2D eigenvalue weighted by Gasteiger charge is -2.25. The molecule has 0 aromatic rings. The number of methoxy groups -OCH3 is 1. The van der Waals surface area contributed by atoms with Gasteiger partial charge in [0.25, 0.3) is 0 Å². The van der Waals surface area contributed by atoms with Crippen LogP contribution in [-0.2, 0) is 14.3 Å². The van der Waals surface area contributed by atoms with E-state index in [1.54, 1.807) is 7.11 Å². The number of carbonyl (C=O) groups excluding carboxylic acids is 1. The lowest BCUT2D eigenvalue weighted by molar-refractivity contribution is -0.122. The first-order chi connectivity index (χ1) is 8.24. The molecule has 2 aliphatic rings. The van der Waals surface area contributed by atoms with E-state index >= 15 is 0 Å². The maximum absolute atomic E-state index is 11.6. The predicted octanol–water partition coefficient (Wildman–Crippen LogP) is 0.0502. The van der Waals surface area contributed by atoms with Crippen molar-refractivity contribution in [2.45, 2.75) is 37.3 Å². The molecule has 1 unspecified atom stereocenters. The Morgan fingerprint density at radius 2 is 2.35 bits per heavy atom. The molecule has 0 radical (unpaired) electrons. The van der Waals surface area contributed by atoms with Crippen molar-refractivity contribution >= 4 is 5.91 Å². The zero-order chi connectivity index (χ0) is 12.1. The predicted molar refractivity (Wildman–Crippen MR) is 63.8 cm³/mol. The smallest absolute Gasteiger partial charge is 0.221 e. The van der Waals surface area contributed by atoms with E-state index in [-0.39, 0.29) is 11.5 Å². The molecule has 0 spiro atoms. The number of rotatable bonds is 7. The summed E-state index contributed by atoms with van der Waals surface area (Å²) < 4.78 is 10.8. The summed E-state index contributed by atoms with van der Waals surface area (Å²) >= 11 is 0. The van der Waals surface area contributed by atoms with Gasteiger partial charge < -0.3 is 20.1 Å². The van der Waals surface area contributed by atoms with E-state index in [1.165, 1.54) is 12.8 Å². The fourth-order valence-electron chi connectivity index (χ4n) is 1.99. The Morgan fingerprint density at radius 3 is 2.94 bits per heavy atom. The maximum Gasteiger partial charge on any atom is 0.221 e. The summed E-state index contributed by atoms with van der Waals surface area (Å²) in [6, 6.07) is 0.663. The summed E-state index contributed by atoms with van der Waals surface area (Å²) in [4.78, 5) is 11.6. The number of carbonyl (C=O) groups is 1. The molecule has 0 aromatic carbocycles. The van der Waals surface area contributed by atoms with Crippen LogP contribution in [0, 0.1) is 0 Å². The molecule has 2 N–H and O–H groups in total. The van der Waals surface area contributed by atoms with Gasteiger partial charge in [-0.2, -0.15) is 0 Å². The fourth-order valence-corrected chi connectivity index (χ4v) is 1.99. The van der Waals surface area contributed by atoms with Gasteiger partial charge in [-0.05, 0) is 12.8 Å². The molecule has 1 saturated carbocycles. The normalized spacial score (nSPS) is 28.3. The van der Waals surface area contributed by atoms with Crippen LogP contribution in [0.3, 0.4) is 0 Å². The summed E-state index contributed by atoms with van der Waals surface area (Å²) in [7, 11) is 1.68. The lowest BCUT2D eigenvalue weighted by Crippen LogP contribution is -2.45. The zero-order valence-electron chi connectivity index (χ0n) is 10.5. The van der Waals surface area contributed by atoms with E-state index < -0.39 is 0 Å². The molecule has 2 rings (SSSR count). The zero-order valence-corrected chi connectivity index (χ0v) is 10.5. The number of amides is 1. The molecule has 5 heteroatoms. The van der Waals surface area contributed by atoms with Crippen LogP contribution < -0.4 is 10.6 Å².